The van der Waals surface area contributed by atoms with Crippen molar-refractivity contribution < 1.29 is 8.42 Å². The third-order valence-corrected chi connectivity index (χ3v) is 5.16. The molecule has 1 aliphatic rings. The number of hydrogen-bond donors (Lipinski definition) is 1. The summed E-state index contributed by atoms with van der Waals surface area (Å²) in [7, 11) is -3.43. The van der Waals surface area contributed by atoms with Crippen molar-refractivity contribution >= 4 is 10.0 Å². The largest absolute Gasteiger partial charge is 0.314 e. The average molecular weight is 272 g/mol. The molecule has 1 atom stereocenters. The molecule has 0 bridgehead atoms. The topological polar surface area (TPSA) is 67.2 Å². The van der Waals surface area contributed by atoms with E-state index in [9.17, 15) is 8.42 Å². The summed E-state index contributed by atoms with van der Waals surface area (Å²) in [5.41, 5.74) is 0. The van der Waals surface area contributed by atoms with Gasteiger partial charge in [-0.25, -0.2) is 8.42 Å². The average Bonchev–Trinajstić information content (AvgIpc) is 2.79. The van der Waals surface area contributed by atoms with Gasteiger partial charge in [0, 0.05) is 32.2 Å². The molecule has 0 aromatic carbocycles. The molecule has 7 heteroatoms. The molecule has 2 rings (SSSR count). The van der Waals surface area contributed by atoms with E-state index in [2.05, 4.69) is 10.4 Å². The van der Waals surface area contributed by atoms with E-state index in [1.807, 2.05) is 13.8 Å². The number of sulfonamides is 1. The lowest BCUT2D eigenvalue weighted by Crippen LogP contribution is -2.52. The van der Waals surface area contributed by atoms with Crippen molar-refractivity contribution in [2.45, 2.75) is 37.9 Å². The Balaban J connectivity index is 2.32. The Morgan fingerprint density at radius 2 is 2.33 bits per heavy atom. The Hall–Kier alpha value is -0.920. The van der Waals surface area contributed by atoms with Gasteiger partial charge in [-0.1, -0.05) is 6.92 Å². The monoisotopic (exact) mass is 272 g/mol. The lowest BCUT2D eigenvalue weighted by atomic mass is 10.3. The molecule has 0 aliphatic carbocycles. The fraction of sp³-hybridized carbons (Fsp3) is 0.727. The fourth-order valence-electron chi connectivity index (χ4n) is 2.22. The van der Waals surface area contributed by atoms with Crippen molar-refractivity contribution in [3.05, 3.63) is 12.3 Å². The maximum absolute atomic E-state index is 12.6. The molecular formula is C11H20N4O2S. The van der Waals surface area contributed by atoms with Gasteiger partial charge >= 0.3 is 0 Å². The Labute approximate surface area is 108 Å². The SMILES string of the molecule is CCCn1nccc1S(=O)(=O)N1CCNCC1C. The van der Waals surface area contributed by atoms with E-state index in [0.717, 1.165) is 6.42 Å². The highest BCUT2D eigenvalue weighted by Crippen LogP contribution is 2.19. The van der Waals surface area contributed by atoms with Gasteiger partial charge < -0.3 is 5.32 Å². The van der Waals surface area contributed by atoms with Gasteiger partial charge in [-0.2, -0.15) is 9.40 Å². The van der Waals surface area contributed by atoms with Crippen molar-refractivity contribution in [1.82, 2.24) is 19.4 Å². The molecule has 1 aliphatic heterocycles. The quantitative estimate of drug-likeness (QED) is 0.854. The predicted octanol–water partition coefficient (Wildman–Crippen LogP) is 0.276. The molecular weight excluding hydrogens is 252 g/mol. The molecule has 0 saturated carbocycles. The van der Waals surface area contributed by atoms with E-state index >= 15 is 0 Å². The van der Waals surface area contributed by atoms with Gasteiger partial charge in [0.05, 0.1) is 6.20 Å². The molecule has 102 valence electrons. The van der Waals surface area contributed by atoms with E-state index in [-0.39, 0.29) is 6.04 Å². The van der Waals surface area contributed by atoms with E-state index < -0.39 is 10.0 Å². The van der Waals surface area contributed by atoms with Crippen LogP contribution in [-0.2, 0) is 16.6 Å². The smallest absolute Gasteiger partial charge is 0.260 e. The summed E-state index contributed by atoms with van der Waals surface area (Å²) in [4.78, 5) is 0. The van der Waals surface area contributed by atoms with Crippen LogP contribution in [0.5, 0.6) is 0 Å². The van der Waals surface area contributed by atoms with Gasteiger partial charge in [-0.3, -0.25) is 4.68 Å². The third-order valence-electron chi connectivity index (χ3n) is 3.13. The molecule has 0 radical (unpaired) electrons. The summed E-state index contributed by atoms with van der Waals surface area (Å²) in [5, 5.41) is 7.58. The Kier molecular flexibility index (Phi) is 4.04. The zero-order chi connectivity index (χ0) is 13.2. The number of nitrogens with zero attached hydrogens (tertiary/aromatic N) is 3. The molecule has 1 aromatic heterocycles. The second-order valence-corrected chi connectivity index (χ2v) is 6.40. The highest BCUT2D eigenvalue weighted by Gasteiger charge is 2.32. The predicted molar refractivity (Wildman–Crippen MR) is 68.7 cm³/mol. The van der Waals surface area contributed by atoms with Crippen molar-refractivity contribution in [3.8, 4) is 0 Å². The molecule has 2 heterocycles. The summed E-state index contributed by atoms with van der Waals surface area (Å²) in [5.74, 6) is 0. The van der Waals surface area contributed by atoms with Crippen LogP contribution in [0.3, 0.4) is 0 Å². The Morgan fingerprint density at radius 1 is 1.56 bits per heavy atom. The highest BCUT2D eigenvalue weighted by molar-refractivity contribution is 7.89. The third kappa shape index (κ3) is 2.43. The fourth-order valence-corrected chi connectivity index (χ4v) is 3.98. The maximum atomic E-state index is 12.6. The zero-order valence-corrected chi connectivity index (χ0v) is 11.7. The van der Waals surface area contributed by atoms with Crippen molar-refractivity contribution in [3.63, 3.8) is 0 Å². The van der Waals surface area contributed by atoms with Crippen LogP contribution >= 0.6 is 0 Å². The maximum Gasteiger partial charge on any atom is 0.260 e. The van der Waals surface area contributed by atoms with Crippen LogP contribution in [0, 0.1) is 0 Å². The second-order valence-electron chi connectivity index (χ2n) is 4.56. The summed E-state index contributed by atoms with van der Waals surface area (Å²) in [6, 6.07) is 1.56. The number of piperazine rings is 1. The Bertz CT molecular complexity index is 497. The molecule has 1 N–H and O–H groups in total. The van der Waals surface area contributed by atoms with Crippen molar-refractivity contribution in [2.75, 3.05) is 19.6 Å². The summed E-state index contributed by atoms with van der Waals surface area (Å²) < 4.78 is 28.3. The van der Waals surface area contributed by atoms with E-state index in [1.54, 1.807) is 21.3 Å². The highest BCUT2D eigenvalue weighted by atomic mass is 32.2. The standard InChI is InChI=1S/C11H20N4O2S/c1-3-7-14-11(4-5-13-14)18(16,17)15-8-6-12-9-10(15)2/h4-5,10,12H,3,6-9H2,1-2H3. The minimum atomic E-state index is -3.43. The van der Waals surface area contributed by atoms with Crippen LogP contribution in [0.1, 0.15) is 20.3 Å². The molecule has 0 spiro atoms. The first-order valence-electron chi connectivity index (χ1n) is 6.31. The molecule has 0 amide bonds. The number of aromatic nitrogens is 2. The molecule has 1 fully saturated rings. The zero-order valence-electron chi connectivity index (χ0n) is 10.8. The first-order chi connectivity index (χ1) is 8.57. The van der Waals surface area contributed by atoms with E-state index in [4.69, 9.17) is 0 Å². The van der Waals surface area contributed by atoms with Crippen LogP contribution in [-0.4, -0.2) is 48.2 Å². The van der Waals surface area contributed by atoms with Crippen LogP contribution in [0.25, 0.3) is 0 Å². The lowest BCUT2D eigenvalue weighted by molar-refractivity contribution is 0.281. The first-order valence-corrected chi connectivity index (χ1v) is 7.75. The van der Waals surface area contributed by atoms with E-state index in [1.165, 1.54) is 0 Å². The van der Waals surface area contributed by atoms with Crippen LogP contribution < -0.4 is 5.32 Å². The van der Waals surface area contributed by atoms with Crippen molar-refractivity contribution in [1.29, 1.82) is 0 Å². The van der Waals surface area contributed by atoms with Gasteiger partial charge in [0.1, 0.15) is 0 Å². The lowest BCUT2D eigenvalue weighted by Gasteiger charge is -2.32. The minimum absolute atomic E-state index is 0.0197. The first kappa shape index (κ1) is 13.5. The number of nitrogens with one attached hydrogen (secondary N) is 1. The Morgan fingerprint density at radius 3 is 3.00 bits per heavy atom. The van der Waals surface area contributed by atoms with E-state index in [0.29, 0.717) is 31.2 Å². The van der Waals surface area contributed by atoms with Gasteiger partial charge in [0.25, 0.3) is 10.0 Å². The van der Waals surface area contributed by atoms with Crippen LogP contribution in [0.4, 0.5) is 0 Å². The molecule has 18 heavy (non-hydrogen) atoms. The summed E-state index contributed by atoms with van der Waals surface area (Å²) in [6.07, 6.45) is 2.41. The molecule has 1 saturated heterocycles. The number of hydrogen-bond acceptors (Lipinski definition) is 4. The van der Waals surface area contributed by atoms with Gasteiger partial charge in [0.15, 0.2) is 5.03 Å². The van der Waals surface area contributed by atoms with Crippen LogP contribution in [0.15, 0.2) is 17.3 Å². The normalized spacial score (nSPS) is 22.2. The van der Waals surface area contributed by atoms with Gasteiger partial charge in [-0.05, 0) is 19.4 Å². The number of rotatable bonds is 4. The molecule has 6 nitrogen and oxygen atoms in total. The number of aryl methyl sites for hydroxylation is 1. The second kappa shape index (κ2) is 5.38. The minimum Gasteiger partial charge on any atom is -0.314 e. The van der Waals surface area contributed by atoms with Crippen LogP contribution in [0.2, 0.25) is 0 Å². The molecule has 1 unspecified atom stereocenters. The summed E-state index contributed by atoms with van der Waals surface area (Å²) in [6.45, 7) is 6.46. The molecule has 1 aromatic rings. The summed E-state index contributed by atoms with van der Waals surface area (Å²) >= 11 is 0. The van der Waals surface area contributed by atoms with Crippen molar-refractivity contribution in [2.24, 2.45) is 0 Å². The van der Waals surface area contributed by atoms with Gasteiger partial charge in [0.2, 0.25) is 0 Å². The van der Waals surface area contributed by atoms with Gasteiger partial charge in [-0.15, -0.1) is 0 Å².